The number of carbonyl (C=O) groups excluding carboxylic acids is 1. The number of hydrogen-bond acceptors (Lipinski definition) is 2. The van der Waals surface area contributed by atoms with E-state index in [1.165, 1.54) is 0 Å². The molecule has 2 aromatic rings. The number of carbonyl (C=O) groups is 1. The Morgan fingerprint density at radius 2 is 1.75 bits per heavy atom. The summed E-state index contributed by atoms with van der Waals surface area (Å²) in [6, 6.07) is 11.0. The second-order valence-corrected chi connectivity index (χ2v) is 6.13. The molecule has 0 spiro atoms. The van der Waals surface area contributed by atoms with Gasteiger partial charge in [-0.25, -0.2) is 0 Å². The van der Waals surface area contributed by atoms with Gasteiger partial charge in [0.2, 0.25) is 0 Å². The molecule has 0 saturated heterocycles. The van der Waals surface area contributed by atoms with E-state index in [0.717, 1.165) is 25.9 Å². The van der Waals surface area contributed by atoms with E-state index in [0.29, 0.717) is 5.56 Å². The minimum Gasteiger partial charge on any atom is -0.496 e. The molecule has 104 valence electrons. The van der Waals surface area contributed by atoms with Gasteiger partial charge in [-0.1, -0.05) is 31.9 Å². The van der Waals surface area contributed by atoms with Crippen molar-refractivity contribution in [2.75, 3.05) is 12.4 Å². The molecule has 20 heavy (non-hydrogen) atoms. The topological polar surface area (TPSA) is 38.3 Å². The fourth-order valence-electron chi connectivity index (χ4n) is 1.84. The zero-order valence-electron chi connectivity index (χ0n) is 11.0. The largest absolute Gasteiger partial charge is 0.496 e. The summed E-state index contributed by atoms with van der Waals surface area (Å²) in [5.74, 6) is 0.643. The lowest BCUT2D eigenvalue weighted by Crippen LogP contribution is -2.12. The molecule has 0 bridgehead atoms. The second kappa shape index (κ2) is 6.41. The minimum atomic E-state index is -0.156. The van der Waals surface area contributed by atoms with E-state index < -0.39 is 0 Å². The highest BCUT2D eigenvalue weighted by Crippen LogP contribution is 2.23. The average Bonchev–Trinajstić information content (AvgIpc) is 2.37. The number of amides is 1. The van der Waals surface area contributed by atoms with Crippen LogP contribution in [0.5, 0.6) is 5.75 Å². The standard InChI is InChI=1S/C15H13Br2NO2/c1-9-5-13(3-4-14(9)20-2)18-15(19)10-6-11(16)8-12(17)7-10/h3-8H,1-2H3,(H,18,19). The van der Waals surface area contributed by atoms with Gasteiger partial charge < -0.3 is 10.1 Å². The molecule has 2 aromatic carbocycles. The SMILES string of the molecule is COc1ccc(NC(=O)c2cc(Br)cc(Br)c2)cc1C. The quantitative estimate of drug-likeness (QED) is 0.807. The molecular formula is C15H13Br2NO2. The van der Waals surface area contributed by atoms with Crippen molar-refractivity contribution in [2.45, 2.75) is 6.92 Å². The Kier molecular flexibility index (Phi) is 4.83. The predicted molar refractivity (Wildman–Crippen MR) is 87.5 cm³/mol. The number of halogens is 2. The van der Waals surface area contributed by atoms with Crippen molar-refractivity contribution < 1.29 is 9.53 Å². The Morgan fingerprint density at radius 3 is 2.30 bits per heavy atom. The molecule has 1 amide bonds. The fraction of sp³-hybridized carbons (Fsp3) is 0.133. The van der Waals surface area contributed by atoms with Crippen LogP contribution in [0.3, 0.4) is 0 Å². The lowest BCUT2D eigenvalue weighted by atomic mass is 10.1. The maximum atomic E-state index is 12.2. The number of ether oxygens (including phenoxy) is 1. The van der Waals surface area contributed by atoms with Crippen LogP contribution in [0, 0.1) is 6.92 Å². The smallest absolute Gasteiger partial charge is 0.255 e. The first-order chi connectivity index (χ1) is 9.49. The third-order valence-corrected chi connectivity index (χ3v) is 3.69. The molecule has 0 fully saturated rings. The van der Waals surface area contributed by atoms with Crippen molar-refractivity contribution >= 4 is 43.5 Å². The normalized spacial score (nSPS) is 10.2. The number of benzene rings is 2. The van der Waals surface area contributed by atoms with E-state index >= 15 is 0 Å². The second-order valence-electron chi connectivity index (χ2n) is 4.30. The van der Waals surface area contributed by atoms with Crippen LogP contribution in [-0.2, 0) is 0 Å². The van der Waals surface area contributed by atoms with Crippen molar-refractivity contribution in [1.29, 1.82) is 0 Å². The number of rotatable bonds is 3. The fourth-order valence-corrected chi connectivity index (χ4v) is 3.14. The van der Waals surface area contributed by atoms with Gasteiger partial charge in [0.15, 0.2) is 0 Å². The van der Waals surface area contributed by atoms with Gasteiger partial charge >= 0.3 is 0 Å². The van der Waals surface area contributed by atoms with E-state index in [2.05, 4.69) is 37.2 Å². The molecule has 0 aromatic heterocycles. The monoisotopic (exact) mass is 397 g/mol. The van der Waals surface area contributed by atoms with Crippen LogP contribution in [0.1, 0.15) is 15.9 Å². The van der Waals surface area contributed by atoms with E-state index in [1.807, 2.05) is 31.2 Å². The zero-order valence-corrected chi connectivity index (χ0v) is 14.2. The molecule has 0 aliphatic heterocycles. The lowest BCUT2D eigenvalue weighted by Gasteiger charge is -2.09. The zero-order chi connectivity index (χ0) is 14.7. The highest BCUT2D eigenvalue weighted by atomic mass is 79.9. The van der Waals surface area contributed by atoms with E-state index in [-0.39, 0.29) is 5.91 Å². The molecule has 3 nitrogen and oxygen atoms in total. The van der Waals surface area contributed by atoms with Gasteiger partial charge in [0, 0.05) is 20.2 Å². The third kappa shape index (κ3) is 3.61. The van der Waals surface area contributed by atoms with Crippen molar-refractivity contribution in [3.8, 4) is 5.75 Å². The molecule has 0 aliphatic rings. The Balaban J connectivity index is 2.21. The van der Waals surface area contributed by atoms with Crippen LogP contribution in [0.15, 0.2) is 45.3 Å². The summed E-state index contributed by atoms with van der Waals surface area (Å²) in [4.78, 5) is 12.2. The number of nitrogens with one attached hydrogen (secondary N) is 1. The Bertz CT molecular complexity index is 636. The van der Waals surface area contributed by atoms with Crippen LogP contribution < -0.4 is 10.1 Å². The summed E-state index contributed by atoms with van der Waals surface area (Å²) in [5.41, 5.74) is 2.30. The van der Waals surface area contributed by atoms with Gasteiger partial charge in [0.25, 0.3) is 5.91 Å². The van der Waals surface area contributed by atoms with Gasteiger partial charge in [-0.2, -0.15) is 0 Å². The van der Waals surface area contributed by atoms with Gasteiger partial charge in [-0.15, -0.1) is 0 Å². The Hall–Kier alpha value is -1.33. The first kappa shape index (κ1) is 15.1. The molecule has 0 aliphatic carbocycles. The summed E-state index contributed by atoms with van der Waals surface area (Å²) in [7, 11) is 1.62. The predicted octanol–water partition coefficient (Wildman–Crippen LogP) is 4.78. The molecule has 0 atom stereocenters. The number of hydrogen-bond donors (Lipinski definition) is 1. The summed E-state index contributed by atoms with van der Waals surface area (Å²) >= 11 is 6.74. The molecule has 2 rings (SSSR count). The lowest BCUT2D eigenvalue weighted by molar-refractivity contribution is 0.102. The summed E-state index contributed by atoms with van der Waals surface area (Å²) in [6.45, 7) is 1.93. The van der Waals surface area contributed by atoms with Crippen LogP contribution in [0.4, 0.5) is 5.69 Å². The third-order valence-electron chi connectivity index (χ3n) is 2.78. The van der Waals surface area contributed by atoms with Gasteiger partial charge in [0.1, 0.15) is 5.75 Å². The molecule has 5 heteroatoms. The van der Waals surface area contributed by atoms with E-state index in [4.69, 9.17) is 4.74 Å². The van der Waals surface area contributed by atoms with Crippen molar-refractivity contribution in [1.82, 2.24) is 0 Å². The molecule has 0 unspecified atom stereocenters. The minimum absolute atomic E-state index is 0.156. The summed E-state index contributed by atoms with van der Waals surface area (Å²) in [5, 5.41) is 2.87. The highest BCUT2D eigenvalue weighted by Gasteiger charge is 2.09. The van der Waals surface area contributed by atoms with Crippen LogP contribution in [-0.4, -0.2) is 13.0 Å². The highest BCUT2D eigenvalue weighted by molar-refractivity contribution is 9.11. The van der Waals surface area contributed by atoms with Gasteiger partial charge in [-0.3, -0.25) is 4.79 Å². The molecule has 0 radical (unpaired) electrons. The van der Waals surface area contributed by atoms with Gasteiger partial charge in [0.05, 0.1) is 7.11 Å². The van der Waals surface area contributed by atoms with Gasteiger partial charge in [-0.05, 0) is 48.9 Å². The molecular weight excluding hydrogens is 386 g/mol. The number of aryl methyl sites for hydroxylation is 1. The molecule has 1 N–H and O–H groups in total. The summed E-state index contributed by atoms with van der Waals surface area (Å²) < 4.78 is 6.90. The van der Waals surface area contributed by atoms with Crippen LogP contribution in [0.25, 0.3) is 0 Å². The maximum Gasteiger partial charge on any atom is 0.255 e. The van der Waals surface area contributed by atoms with Crippen molar-refractivity contribution in [2.24, 2.45) is 0 Å². The number of anilines is 1. The van der Waals surface area contributed by atoms with Crippen LogP contribution >= 0.6 is 31.9 Å². The first-order valence-corrected chi connectivity index (χ1v) is 7.50. The molecule has 0 heterocycles. The van der Waals surface area contributed by atoms with E-state index in [1.54, 1.807) is 19.2 Å². The molecule has 0 saturated carbocycles. The maximum absolute atomic E-state index is 12.2. The Morgan fingerprint density at radius 1 is 1.10 bits per heavy atom. The Labute approximate surface area is 134 Å². The average molecular weight is 399 g/mol. The van der Waals surface area contributed by atoms with Crippen LogP contribution in [0.2, 0.25) is 0 Å². The number of methoxy groups -OCH3 is 1. The van der Waals surface area contributed by atoms with Crippen molar-refractivity contribution in [3.05, 3.63) is 56.5 Å². The first-order valence-electron chi connectivity index (χ1n) is 5.91. The summed E-state index contributed by atoms with van der Waals surface area (Å²) in [6.07, 6.45) is 0. The van der Waals surface area contributed by atoms with Crippen molar-refractivity contribution in [3.63, 3.8) is 0 Å². The van der Waals surface area contributed by atoms with E-state index in [9.17, 15) is 4.79 Å².